The molecule has 1 amide bonds. The third-order valence-corrected chi connectivity index (χ3v) is 3.72. The maximum atomic E-state index is 12.2. The number of carbonyl (C=O) groups excluding carboxylic acids is 1. The second kappa shape index (κ2) is 11.3. The number of amides is 1. The number of ether oxygens (including phenoxy) is 3. The fourth-order valence-corrected chi connectivity index (χ4v) is 2.42. The zero-order chi connectivity index (χ0) is 20.2. The molecule has 0 aliphatic carbocycles. The normalized spacial score (nSPS) is 10.3. The summed E-state index contributed by atoms with van der Waals surface area (Å²) in [7, 11) is 1.58. The topological polar surface area (TPSA) is 80.6 Å². The number of carbonyl (C=O) groups is 1. The van der Waals surface area contributed by atoms with Gasteiger partial charge in [0, 0.05) is 24.3 Å². The number of anilines is 1. The molecule has 0 aliphatic rings. The van der Waals surface area contributed by atoms with Crippen molar-refractivity contribution in [3.8, 4) is 23.3 Å². The fourth-order valence-electron chi connectivity index (χ4n) is 2.42. The largest absolute Gasteiger partial charge is 0.493 e. The Kier molecular flexibility index (Phi) is 8.41. The lowest BCUT2D eigenvalue weighted by Crippen LogP contribution is -2.08. The smallest absolute Gasteiger partial charge is 0.248 e. The lowest BCUT2D eigenvalue weighted by Gasteiger charge is -2.09. The van der Waals surface area contributed by atoms with Gasteiger partial charge in [-0.25, -0.2) is 0 Å². The summed E-state index contributed by atoms with van der Waals surface area (Å²) in [4.78, 5) is 12.2. The third-order valence-electron chi connectivity index (χ3n) is 3.72. The number of nitriles is 1. The molecule has 2 aromatic carbocycles. The molecule has 0 spiro atoms. The fraction of sp³-hybridized carbons (Fsp3) is 0.273. The molecule has 2 aromatic rings. The van der Waals surface area contributed by atoms with Gasteiger partial charge in [0.05, 0.1) is 26.4 Å². The molecular formula is C22H24N2O4. The Labute approximate surface area is 165 Å². The number of hydrogen-bond donors (Lipinski definition) is 1. The Morgan fingerprint density at radius 1 is 1.18 bits per heavy atom. The lowest BCUT2D eigenvalue weighted by atomic mass is 10.2. The molecule has 0 heterocycles. The Balaban J connectivity index is 1.95. The molecular weight excluding hydrogens is 356 g/mol. The van der Waals surface area contributed by atoms with E-state index < -0.39 is 0 Å². The summed E-state index contributed by atoms with van der Waals surface area (Å²) >= 11 is 0. The van der Waals surface area contributed by atoms with Crippen molar-refractivity contribution in [3.05, 3.63) is 54.1 Å². The van der Waals surface area contributed by atoms with Crippen LogP contribution in [0.25, 0.3) is 6.08 Å². The monoisotopic (exact) mass is 380 g/mol. The van der Waals surface area contributed by atoms with Gasteiger partial charge in [0.1, 0.15) is 5.75 Å². The Morgan fingerprint density at radius 3 is 2.79 bits per heavy atom. The number of unbranched alkanes of at least 4 members (excludes halogenated alkanes) is 1. The quantitative estimate of drug-likeness (QED) is 0.487. The Hall–Kier alpha value is -3.46. The molecule has 0 aliphatic heterocycles. The van der Waals surface area contributed by atoms with Crippen molar-refractivity contribution in [3.63, 3.8) is 0 Å². The number of rotatable bonds is 10. The minimum absolute atomic E-state index is 0.255. The molecule has 28 heavy (non-hydrogen) atoms. The molecule has 2 rings (SSSR count). The van der Waals surface area contributed by atoms with E-state index in [9.17, 15) is 4.79 Å². The van der Waals surface area contributed by atoms with Crippen molar-refractivity contribution in [2.24, 2.45) is 0 Å². The van der Waals surface area contributed by atoms with Crippen molar-refractivity contribution in [2.45, 2.75) is 19.8 Å². The molecule has 6 heteroatoms. The summed E-state index contributed by atoms with van der Waals surface area (Å²) in [6.07, 6.45) is 4.28. The van der Waals surface area contributed by atoms with Crippen LogP contribution in [-0.2, 0) is 4.79 Å². The van der Waals surface area contributed by atoms with Crippen LogP contribution in [-0.4, -0.2) is 26.2 Å². The van der Waals surface area contributed by atoms with Gasteiger partial charge in [-0.15, -0.1) is 0 Å². The number of hydrogen-bond acceptors (Lipinski definition) is 5. The molecule has 0 fully saturated rings. The van der Waals surface area contributed by atoms with E-state index in [1.807, 2.05) is 31.2 Å². The maximum Gasteiger partial charge on any atom is 0.248 e. The van der Waals surface area contributed by atoms with Crippen LogP contribution in [0.2, 0.25) is 0 Å². The highest BCUT2D eigenvalue weighted by Gasteiger charge is 2.05. The summed E-state index contributed by atoms with van der Waals surface area (Å²) in [6, 6.07) is 14.7. The first-order valence-electron chi connectivity index (χ1n) is 9.06. The molecule has 0 aromatic heterocycles. The van der Waals surface area contributed by atoms with Gasteiger partial charge in [0.25, 0.3) is 0 Å². The summed E-state index contributed by atoms with van der Waals surface area (Å²) in [5, 5.41) is 11.3. The van der Waals surface area contributed by atoms with Gasteiger partial charge in [-0.2, -0.15) is 5.26 Å². The van der Waals surface area contributed by atoms with Crippen molar-refractivity contribution in [2.75, 3.05) is 25.6 Å². The van der Waals surface area contributed by atoms with E-state index in [0.29, 0.717) is 49.0 Å². The predicted molar refractivity (Wildman–Crippen MR) is 109 cm³/mol. The van der Waals surface area contributed by atoms with Crippen LogP contribution in [0.1, 0.15) is 25.3 Å². The van der Waals surface area contributed by atoms with Gasteiger partial charge in [-0.3, -0.25) is 4.79 Å². The van der Waals surface area contributed by atoms with E-state index in [4.69, 9.17) is 19.5 Å². The van der Waals surface area contributed by atoms with E-state index in [1.165, 1.54) is 6.08 Å². The minimum Gasteiger partial charge on any atom is -0.493 e. The van der Waals surface area contributed by atoms with Gasteiger partial charge < -0.3 is 19.5 Å². The van der Waals surface area contributed by atoms with E-state index in [-0.39, 0.29) is 5.91 Å². The van der Waals surface area contributed by atoms with E-state index in [1.54, 1.807) is 31.4 Å². The van der Waals surface area contributed by atoms with E-state index in [0.717, 1.165) is 5.56 Å². The zero-order valence-electron chi connectivity index (χ0n) is 16.1. The molecule has 0 atom stereocenters. The summed E-state index contributed by atoms with van der Waals surface area (Å²) in [5.41, 5.74) is 1.46. The van der Waals surface area contributed by atoms with Crippen molar-refractivity contribution < 1.29 is 19.0 Å². The second-order valence-corrected chi connectivity index (χ2v) is 5.80. The highest BCUT2D eigenvalue weighted by molar-refractivity contribution is 6.02. The molecule has 6 nitrogen and oxygen atoms in total. The maximum absolute atomic E-state index is 12.2. The molecule has 0 radical (unpaired) electrons. The predicted octanol–water partition coefficient (Wildman–Crippen LogP) is 4.43. The van der Waals surface area contributed by atoms with Crippen molar-refractivity contribution in [1.82, 2.24) is 0 Å². The number of methoxy groups -OCH3 is 1. The molecule has 0 saturated carbocycles. The van der Waals surface area contributed by atoms with E-state index in [2.05, 4.69) is 11.4 Å². The van der Waals surface area contributed by atoms with Gasteiger partial charge >= 0.3 is 0 Å². The van der Waals surface area contributed by atoms with E-state index >= 15 is 0 Å². The SMILES string of the molecule is CCOc1ccc(/C=C/C(=O)Nc2cccc(OCCCC#N)c2)cc1OC. The Morgan fingerprint density at radius 2 is 2.04 bits per heavy atom. The summed E-state index contributed by atoms with van der Waals surface area (Å²) in [5.74, 6) is 1.68. The summed E-state index contributed by atoms with van der Waals surface area (Å²) < 4.78 is 16.4. The third kappa shape index (κ3) is 6.69. The summed E-state index contributed by atoms with van der Waals surface area (Å²) in [6.45, 7) is 2.92. The van der Waals surface area contributed by atoms with Crippen LogP contribution in [0.3, 0.4) is 0 Å². The van der Waals surface area contributed by atoms with Gasteiger partial charge in [-0.1, -0.05) is 12.1 Å². The minimum atomic E-state index is -0.255. The zero-order valence-corrected chi connectivity index (χ0v) is 16.1. The van der Waals surface area contributed by atoms with Crippen LogP contribution >= 0.6 is 0 Å². The number of nitrogens with zero attached hydrogens (tertiary/aromatic N) is 1. The standard InChI is InChI=1S/C22H24N2O4/c1-3-27-20-11-9-17(15-21(20)26-2)10-12-22(25)24-18-7-6-8-19(16-18)28-14-5-4-13-23/h6-12,15-16H,3-5,14H2,1-2H3,(H,24,25)/b12-10+. The molecule has 0 bridgehead atoms. The van der Waals surface area contributed by atoms with Crippen molar-refractivity contribution >= 4 is 17.7 Å². The highest BCUT2D eigenvalue weighted by Crippen LogP contribution is 2.28. The molecule has 146 valence electrons. The first-order valence-corrected chi connectivity index (χ1v) is 9.06. The highest BCUT2D eigenvalue weighted by atomic mass is 16.5. The van der Waals surface area contributed by atoms with Crippen LogP contribution in [0.15, 0.2) is 48.5 Å². The van der Waals surface area contributed by atoms with Crippen LogP contribution in [0, 0.1) is 11.3 Å². The lowest BCUT2D eigenvalue weighted by molar-refractivity contribution is -0.111. The van der Waals surface area contributed by atoms with Crippen LogP contribution in [0.4, 0.5) is 5.69 Å². The number of benzene rings is 2. The average molecular weight is 380 g/mol. The molecule has 1 N–H and O–H groups in total. The first-order chi connectivity index (χ1) is 13.7. The first kappa shape index (κ1) is 20.8. The molecule has 0 unspecified atom stereocenters. The second-order valence-electron chi connectivity index (χ2n) is 5.80. The van der Waals surface area contributed by atoms with Crippen molar-refractivity contribution in [1.29, 1.82) is 5.26 Å². The van der Waals surface area contributed by atoms with Crippen LogP contribution in [0.5, 0.6) is 17.2 Å². The van der Waals surface area contributed by atoms with Crippen LogP contribution < -0.4 is 19.5 Å². The Bertz CT molecular complexity index is 856. The average Bonchev–Trinajstić information content (AvgIpc) is 2.71. The van der Waals surface area contributed by atoms with Gasteiger partial charge in [-0.05, 0) is 49.2 Å². The van der Waals surface area contributed by atoms with Gasteiger partial charge in [0.2, 0.25) is 5.91 Å². The van der Waals surface area contributed by atoms with Gasteiger partial charge in [0.15, 0.2) is 11.5 Å². The molecule has 0 saturated heterocycles. The number of nitrogens with one attached hydrogen (secondary N) is 1.